The first kappa shape index (κ1) is 14.6. The number of fused-ring (bicyclic) bond motifs is 2. The van der Waals surface area contributed by atoms with Gasteiger partial charge in [0.05, 0.1) is 5.56 Å². The maximum absolute atomic E-state index is 13.0. The number of carbonyl (C=O) groups is 2. The van der Waals surface area contributed by atoms with E-state index in [1.54, 1.807) is 42.5 Å². The number of aliphatic carboxylic acids is 1. The Balaban J connectivity index is 1.75. The average molecular weight is 325 g/mol. The molecule has 24 heavy (non-hydrogen) atoms. The minimum atomic E-state index is -0.938. The first-order valence-corrected chi connectivity index (χ1v) is 7.69. The van der Waals surface area contributed by atoms with Crippen LogP contribution in [0.2, 0.25) is 0 Å². The summed E-state index contributed by atoms with van der Waals surface area (Å²) in [6.07, 6.45) is 0. The molecule has 122 valence electrons. The number of benzene rings is 2. The largest absolute Gasteiger partial charge is 0.486 e. The molecule has 0 aromatic heterocycles. The molecule has 1 unspecified atom stereocenters. The van der Waals surface area contributed by atoms with Crippen molar-refractivity contribution in [3.8, 4) is 11.5 Å². The van der Waals surface area contributed by atoms with Gasteiger partial charge in [0.25, 0.3) is 5.91 Å². The second-order valence-electron chi connectivity index (χ2n) is 5.70. The van der Waals surface area contributed by atoms with Crippen LogP contribution in [0.3, 0.4) is 0 Å². The molecule has 4 rings (SSSR count). The summed E-state index contributed by atoms with van der Waals surface area (Å²) in [5.41, 5.74) is 1.66. The Kier molecular flexibility index (Phi) is 3.37. The molecular formula is C18H15NO5. The van der Waals surface area contributed by atoms with E-state index < -0.39 is 11.9 Å². The van der Waals surface area contributed by atoms with Crippen LogP contribution in [0.1, 0.15) is 21.8 Å². The Hall–Kier alpha value is -3.02. The van der Waals surface area contributed by atoms with Crippen LogP contribution in [-0.4, -0.2) is 36.7 Å². The molecule has 2 aliphatic heterocycles. The number of carbonyl (C=O) groups excluding carboxylic acids is 1. The van der Waals surface area contributed by atoms with Crippen molar-refractivity contribution in [3.05, 3.63) is 53.6 Å². The molecule has 2 heterocycles. The van der Waals surface area contributed by atoms with Gasteiger partial charge in [-0.2, -0.15) is 0 Å². The Morgan fingerprint density at radius 3 is 2.67 bits per heavy atom. The normalized spacial score (nSPS) is 18.2. The van der Waals surface area contributed by atoms with Gasteiger partial charge < -0.3 is 19.5 Å². The van der Waals surface area contributed by atoms with Gasteiger partial charge in [0.15, 0.2) is 11.5 Å². The minimum absolute atomic E-state index is 0.109. The summed E-state index contributed by atoms with van der Waals surface area (Å²) in [7, 11) is 0. The average Bonchev–Trinajstić information content (AvgIpc) is 3.00. The predicted molar refractivity (Wildman–Crippen MR) is 85.9 cm³/mol. The van der Waals surface area contributed by atoms with E-state index in [4.69, 9.17) is 9.47 Å². The molecule has 0 aliphatic carbocycles. The fourth-order valence-electron chi connectivity index (χ4n) is 3.20. The van der Waals surface area contributed by atoms with Crippen molar-refractivity contribution >= 4 is 17.6 Å². The number of rotatable bonds is 2. The maximum Gasteiger partial charge on any atom is 0.312 e. The molecule has 0 radical (unpaired) electrons. The number of carboxylic acid groups (broad SMARTS) is 1. The lowest BCUT2D eigenvalue weighted by Gasteiger charge is -2.23. The second-order valence-corrected chi connectivity index (χ2v) is 5.70. The van der Waals surface area contributed by atoms with E-state index in [0.29, 0.717) is 41.5 Å². The van der Waals surface area contributed by atoms with Crippen molar-refractivity contribution < 1.29 is 24.2 Å². The van der Waals surface area contributed by atoms with Gasteiger partial charge in [-0.15, -0.1) is 0 Å². The molecule has 0 fully saturated rings. The van der Waals surface area contributed by atoms with Gasteiger partial charge in [-0.05, 0) is 23.8 Å². The van der Waals surface area contributed by atoms with Crippen molar-refractivity contribution in [1.82, 2.24) is 0 Å². The SMILES string of the molecule is O=C(O)C1CN(C(=O)c2cccc3c2OCCO3)c2ccccc21. The van der Waals surface area contributed by atoms with E-state index in [9.17, 15) is 14.7 Å². The third kappa shape index (κ3) is 2.19. The highest BCUT2D eigenvalue weighted by Gasteiger charge is 2.37. The number of ether oxygens (including phenoxy) is 2. The molecule has 6 nitrogen and oxygen atoms in total. The number of nitrogens with zero attached hydrogens (tertiary/aromatic N) is 1. The van der Waals surface area contributed by atoms with Gasteiger partial charge in [0, 0.05) is 12.2 Å². The summed E-state index contributed by atoms with van der Waals surface area (Å²) >= 11 is 0. The quantitative estimate of drug-likeness (QED) is 0.917. The van der Waals surface area contributed by atoms with Crippen LogP contribution in [0.15, 0.2) is 42.5 Å². The molecule has 2 aliphatic rings. The number of anilines is 1. The van der Waals surface area contributed by atoms with E-state index in [0.717, 1.165) is 0 Å². The number of para-hydroxylation sites is 2. The highest BCUT2D eigenvalue weighted by molar-refractivity contribution is 6.10. The van der Waals surface area contributed by atoms with Crippen LogP contribution in [-0.2, 0) is 4.79 Å². The van der Waals surface area contributed by atoms with Crippen molar-refractivity contribution in [1.29, 1.82) is 0 Å². The van der Waals surface area contributed by atoms with E-state index in [-0.39, 0.29) is 12.5 Å². The standard InChI is InChI=1S/C18H15NO5/c20-17(12-5-3-7-15-16(12)24-9-8-23-15)19-10-13(18(21)22)11-4-1-2-6-14(11)19/h1-7,13H,8-10H2,(H,21,22). The van der Waals surface area contributed by atoms with Crippen molar-refractivity contribution in [2.45, 2.75) is 5.92 Å². The second kappa shape index (κ2) is 5.56. The van der Waals surface area contributed by atoms with Crippen molar-refractivity contribution in [2.24, 2.45) is 0 Å². The zero-order valence-corrected chi connectivity index (χ0v) is 12.8. The van der Waals surface area contributed by atoms with Crippen LogP contribution in [0, 0.1) is 0 Å². The van der Waals surface area contributed by atoms with Gasteiger partial charge in [0.2, 0.25) is 0 Å². The molecule has 2 aromatic carbocycles. The third-order valence-electron chi connectivity index (χ3n) is 4.31. The predicted octanol–water partition coefficient (Wildman–Crippen LogP) is 2.29. The Bertz CT molecular complexity index is 832. The lowest BCUT2D eigenvalue weighted by atomic mass is 10.0. The van der Waals surface area contributed by atoms with Gasteiger partial charge >= 0.3 is 5.97 Å². The molecule has 0 spiro atoms. The number of hydrogen-bond donors (Lipinski definition) is 1. The van der Waals surface area contributed by atoms with Gasteiger partial charge in [-0.25, -0.2) is 0 Å². The topological polar surface area (TPSA) is 76.1 Å². The summed E-state index contributed by atoms with van der Waals surface area (Å²) < 4.78 is 11.1. The first-order chi connectivity index (χ1) is 11.7. The number of amides is 1. The lowest BCUT2D eigenvalue weighted by Crippen LogP contribution is -2.32. The number of carboxylic acids is 1. The fourth-order valence-corrected chi connectivity index (χ4v) is 3.20. The molecule has 0 saturated carbocycles. The first-order valence-electron chi connectivity index (χ1n) is 7.69. The summed E-state index contributed by atoms with van der Waals surface area (Å²) in [4.78, 5) is 26.1. The zero-order valence-electron chi connectivity index (χ0n) is 12.8. The molecule has 0 saturated heterocycles. The summed E-state index contributed by atoms with van der Waals surface area (Å²) in [5, 5.41) is 9.44. The highest BCUT2D eigenvalue weighted by Crippen LogP contribution is 2.40. The van der Waals surface area contributed by atoms with E-state index >= 15 is 0 Å². The van der Waals surface area contributed by atoms with Crippen LogP contribution < -0.4 is 14.4 Å². The molecule has 6 heteroatoms. The zero-order chi connectivity index (χ0) is 16.7. The van der Waals surface area contributed by atoms with Crippen LogP contribution in [0.5, 0.6) is 11.5 Å². The molecule has 0 bridgehead atoms. The Labute approximate surface area is 138 Å². The van der Waals surface area contributed by atoms with Gasteiger partial charge in [-0.1, -0.05) is 24.3 Å². The van der Waals surface area contributed by atoms with Crippen molar-refractivity contribution in [2.75, 3.05) is 24.7 Å². The van der Waals surface area contributed by atoms with Crippen LogP contribution >= 0.6 is 0 Å². The Morgan fingerprint density at radius 1 is 1.04 bits per heavy atom. The Morgan fingerprint density at radius 2 is 1.83 bits per heavy atom. The smallest absolute Gasteiger partial charge is 0.312 e. The molecule has 1 N–H and O–H groups in total. The summed E-state index contributed by atoms with van der Waals surface area (Å²) in [5.74, 6) is -0.984. The molecule has 1 amide bonds. The van der Waals surface area contributed by atoms with E-state index in [1.165, 1.54) is 4.90 Å². The summed E-state index contributed by atoms with van der Waals surface area (Å²) in [6, 6.07) is 12.3. The van der Waals surface area contributed by atoms with Crippen LogP contribution in [0.4, 0.5) is 5.69 Å². The van der Waals surface area contributed by atoms with E-state index in [1.807, 2.05) is 0 Å². The lowest BCUT2D eigenvalue weighted by molar-refractivity contribution is -0.138. The minimum Gasteiger partial charge on any atom is -0.486 e. The molecule has 1 atom stereocenters. The maximum atomic E-state index is 13.0. The highest BCUT2D eigenvalue weighted by atomic mass is 16.6. The monoisotopic (exact) mass is 325 g/mol. The molecular weight excluding hydrogens is 310 g/mol. The van der Waals surface area contributed by atoms with E-state index in [2.05, 4.69) is 0 Å². The van der Waals surface area contributed by atoms with Gasteiger partial charge in [0.1, 0.15) is 19.1 Å². The number of hydrogen-bond acceptors (Lipinski definition) is 4. The fraction of sp³-hybridized carbons (Fsp3) is 0.222. The molecule has 2 aromatic rings. The summed E-state index contributed by atoms with van der Waals surface area (Å²) in [6.45, 7) is 0.932. The van der Waals surface area contributed by atoms with Crippen molar-refractivity contribution in [3.63, 3.8) is 0 Å². The van der Waals surface area contributed by atoms with Gasteiger partial charge in [-0.3, -0.25) is 9.59 Å². The van der Waals surface area contributed by atoms with Crippen LogP contribution in [0.25, 0.3) is 0 Å². The third-order valence-corrected chi connectivity index (χ3v) is 4.31.